The van der Waals surface area contributed by atoms with E-state index in [1.54, 1.807) is 20.8 Å². The van der Waals surface area contributed by atoms with Gasteiger partial charge in [-0.1, -0.05) is 19.8 Å². The molecule has 5 nitrogen and oxygen atoms in total. The minimum atomic E-state index is -0.971. The number of rotatable bonds is 8. The maximum atomic E-state index is 11.4. The van der Waals surface area contributed by atoms with E-state index in [9.17, 15) is 14.7 Å². The van der Waals surface area contributed by atoms with Crippen molar-refractivity contribution in [2.24, 2.45) is 5.41 Å². The van der Waals surface area contributed by atoms with E-state index in [4.69, 9.17) is 9.47 Å². The number of ether oxygens (including phenoxy) is 2. The normalized spacial score (nSPS) is 12.9. The Morgan fingerprint density at radius 2 is 1.68 bits per heavy atom. The van der Waals surface area contributed by atoms with Gasteiger partial charge in [0.15, 0.2) is 0 Å². The topological polar surface area (TPSA) is 72.8 Å². The Kier molecular flexibility index (Phi) is 8.39. The summed E-state index contributed by atoms with van der Waals surface area (Å²) in [4.78, 5) is 22.7. The van der Waals surface area contributed by atoms with Gasteiger partial charge in [0, 0.05) is 6.42 Å². The molecule has 1 unspecified atom stereocenters. The third-order valence-electron chi connectivity index (χ3n) is 2.44. The van der Waals surface area contributed by atoms with Crippen LogP contribution in [0.25, 0.3) is 0 Å². The van der Waals surface area contributed by atoms with Crippen molar-refractivity contribution in [3.8, 4) is 0 Å². The molecule has 1 atom stereocenters. The number of carbonyl (C=O) groups excluding carboxylic acids is 2. The van der Waals surface area contributed by atoms with Crippen LogP contribution >= 0.6 is 0 Å². The van der Waals surface area contributed by atoms with Gasteiger partial charge in [0.1, 0.15) is 19.3 Å². The molecule has 0 spiro atoms. The maximum absolute atomic E-state index is 11.4. The van der Waals surface area contributed by atoms with E-state index in [2.05, 4.69) is 6.92 Å². The molecule has 0 saturated heterocycles. The predicted octanol–water partition coefficient (Wildman–Crippen LogP) is 2.06. The third-order valence-corrected chi connectivity index (χ3v) is 2.44. The smallest absolute Gasteiger partial charge is 0.311 e. The number of hydrogen-bond donors (Lipinski definition) is 1. The first kappa shape index (κ1) is 17.9. The molecule has 0 aromatic carbocycles. The molecule has 19 heavy (non-hydrogen) atoms. The van der Waals surface area contributed by atoms with Crippen molar-refractivity contribution in [2.75, 3.05) is 13.2 Å². The van der Waals surface area contributed by atoms with Gasteiger partial charge in [-0.15, -0.1) is 0 Å². The highest BCUT2D eigenvalue weighted by molar-refractivity contribution is 5.75. The first-order chi connectivity index (χ1) is 8.77. The lowest BCUT2D eigenvalue weighted by Crippen LogP contribution is -2.30. The molecule has 0 aromatic rings. The monoisotopic (exact) mass is 274 g/mol. The lowest BCUT2D eigenvalue weighted by molar-refractivity contribution is -0.158. The second kappa shape index (κ2) is 8.91. The second-order valence-corrected chi connectivity index (χ2v) is 5.64. The van der Waals surface area contributed by atoms with Gasteiger partial charge in [-0.3, -0.25) is 9.59 Å². The van der Waals surface area contributed by atoms with Gasteiger partial charge in [0.05, 0.1) is 5.41 Å². The zero-order valence-corrected chi connectivity index (χ0v) is 12.4. The molecule has 0 aliphatic carbocycles. The number of esters is 2. The SMILES string of the molecule is CCCCCC(=O)OCC(O)COC(=O)C(C)(C)C. The average molecular weight is 274 g/mol. The highest BCUT2D eigenvalue weighted by atomic mass is 16.6. The minimum Gasteiger partial charge on any atom is -0.463 e. The van der Waals surface area contributed by atoms with Crippen LogP contribution < -0.4 is 0 Å². The van der Waals surface area contributed by atoms with Crippen molar-refractivity contribution < 1.29 is 24.2 Å². The molecular weight excluding hydrogens is 248 g/mol. The fourth-order valence-electron chi connectivity index (χ4n) is 1.22. The van der Waals surface area contributed by atoms with Crippen LogP contribution in [-0.4, -0.2) is 36.4 Å². The van der Waals surface area contributed by atoms with Crippen LogP contribution in [0, 0.1) is 5.41 Å². The van der Waals surface area contributed by atoms with E-state index in [-0.39, 0.29) is 25.2 Å². The zero-order chi connectivity index (χ0) is 14.9. The van der Waals surface area contributed by atoms with E-state index in [0.29, 0.717) is 6.42 Å². The van der Waals surface area contributed by atoms with Crippen LogP contribution in [0.15, 0.2) is 0 Å². The third kappa shape index (κ3) is 9.47. The Bertz CT molecular complexity index is 280. The van der Waals surface area contributed by atoms with E-state index in [1.807, 2.05) is 0 Å². The second-order valence-electron chi connectivity index (χ2n) is 5.64. The molecule has 1 N–H and O–H groups in total. The molecule has 0 aliphatic rings. The Labute approximate surface area is 115 Å². The fourth-order valence-corrected chi connectivity index (χ4v) is 1.22. The van der Waals surface area contributed by atoms with Crippen molar-refractivity contribution in [3.05, 3.63) is 0 Å². The van der Waals surface area contributed by atoms with Crippen LogP contribution in [-0.2, 0) is 19.1 Å². The van der Waals surface area contributed by atoms with Gasteiger partial charge in [0.2, 0.25) is 0 Å². The predicted molar refractivity (Wildman–Crippen MR) is 71.5 cm³/mol. The van der Waals surface area contributed by atoms with Gasteiger partial charge in [-0.05, 0) is 27.2 Å². The van der Waals surface area contributed by atoms with Crippen LogP contribution in [0.4, 0.5) is 0 Å². The Balaban J connectivity index is 3.72. The standard InChI is InChI=1S/C14H26O5/c1-5-6-7-8-12(16)18-9-11(15)10-19-13(17)14(2,3)4/h11,15H,5-10H2,1-4H3. The summed E-state index contributed by atoms with van der Waals surface area (Å²) < 4.78 is 9.81. The van der Waals surface area contributed by atoms with Gasteiger partial charge in [-0.2, -0.15) is 0 Å². The van der Waals surface area contributed by atoms with Crippen molar-refractivity contribution in [2.45, 2.75) is 59.5 Å². The maximum Gasteiger partial charge on any atom is 0.311 e. The number of carbonyl (C=O) groups is 2. The van der Waals surface area contributed by atoms with E-state index >= 15 is 0 Å². The molecule has 112 valence electrons. The summed E-state index contributed by atoms with van der Waals surface area (Å²) >= 11 is 0. The van der Waals surface area contributed by atoms with Gasteiger partial charge in [-0.25, -0.2) is 0 Å². The summed E-state index contributed by atoms with van der Waals surface area (Å²) in [6, 6.07) is 0. The van der Waals surface area contributed by atoms with Crippen molar-refractivity contribution in [1.82, 2.24) is 0 Å². The number of aliphatic hydroxyl groups excluding tert-OH is 1. The highest BCUT2D eigenvalue weighted by Crippen LogP contribution is 2.15. The summed E-state index contributed by atoms with van der Waals surface area (Å²) in [6.45, 7) is 6.96. The molecule has 0 heterocycles. The molecule has 0 bridgehead atoms. The van der Waals surface area contributed by atoms with E-state index in [0.717, 1.165) is 19.3 Å². The molecule has 0 rings (SSSR count). The molecule has 5 heteroatoms. The molecule has 0 aliphatic heterocycles. The lowest BCUT2D eigenvalue weighted by Gasteiger charge is -2.18. The van der Waals surface area contributed by atoms with Crippen LogP contribution in [0.1, 0.15) is 53.4 Å². The summed E-state index contributed by atoms with van der Waals surface area (Å²) in [5.41, 5.74) is -0.601. The molecule has 0 saturated carbocycles. The fraction of sp³-hybridized carbons (Fsp3) is 0.857. The molecule has 0 fully saturated rings. The van der Waals surface area contributed by atoms with Crippen molar-refractivity contribution >= 4 is 11.9 Å². The average Bonchev–Trinajstić information content (AvgIpc) is 2.32. The molecule has 0 aromatic heterocycles. The van der Waals surface area contributed by atoms with Crippen molar-refractivity contribution in [3.63, 3.8) is 0 Å². The van der Waals surface area contributed by atoms with E-state index in [1.165, 1.54) is 0 Å². The van der Waals surface area contributed by atoms with Crippen molar-refractivity contribution in [1.29, 1.82) is 0 Å². The Morgan fingerprint density at radius 1 is 1.11 bits per heavy atom. The molecule has 0 radical (unpaired) electrons. The minimum absolute atomic E-state index is 0.137. The van der Waals surface area contributed by atoms with Gasteiger partial charge in [0.25, 0.3) is 0 Å². The number of unbranched alkanes of at least 4 members (excludes halogenated alkanes) is 2. The number of aliphatic hydroxyl groups is 1. The zero-order valence-electron chi connectivity index (χ0n) is 12.4. The van der Waals surface area contributed by atoms with Crippen LogP contribution in [0.2, 0.25) is 0 Å². The number of hydrogen-bond acceptors (Lipinski definition) is 5. The lowest BCUT2D eigenvalue weighted by atomic mass is 9.97. The summed E-state index contributed by atoms with van der Waals surface area (Å²) in [7, 11) is 0. The summed E-state index contributed by atoms with van der Waals surface area (Å²) in [6.07, 6.45) is 2.22. The van der Waals surface area contributed by atoms with Gasteiger partial charge >= 0.3 is 11.9 Å². The Morgan fingerprint density at radius 3 is 2.21 bits per heavy atom. The van der Waals surface area contributed by atoms with Gasteiger partial charge < -0.3 is 14.6 Å². The largest absolute Gasteiger partial charge is 0.463 e. The molecule has 0 amide bonds. The summed E-state index contributed by atoms with van der Waals surface area (Å²) in [5.74, 6) is -0.713. The quantitative estimate of drug-likeness (QED) is 0.542. The highest BCUT2D eigenvalue weighted by Gasteiger charge is 2.24. The Hall–Kier alpha value is -1.10. The first-order valence-electron chi connectivity index (χ1n) is 6.78. The van der Waals surface area contributed by atoms with Crippen LogP contribution in [0.5, 0.6) is 0 Å². The van der Waals surface area contributed by atoms with Crippen LogP contribution in [0.3, 0.4) is 0 Å². The summed E-state index contributed by atoms with van der Waals surface area (Å²) in [5, 5.41) is 9.53. The molecular formula is C14H26O5. The first-order valence-corrected chi connectivity index (χ1v) is 6.78. The van der Waals surface area contributed by atoms with E-state index < -0.39 is 11.5 Å².